The quantitative estimate of drug-likeness (QED) is 0.890. The minimum absolute atomic E-state index is 0.00940. The predicted molar refractivity (Wildman–Crippen MR) is 75.6 cm³/mol. The Bertz CT molecular complexity index is 505. The SMILES string of the molecule is C[C@@H](NC(=O)C1NCC2CCCC21)c1ccccc1F. The third kappa shape index (κ3) is 2.44. The highest BCUT2D eigenvalue weighted by Crippen LogP contribution is 2.37. The molecule has 0 bridgehead atoms. The Morgan fingerprint density at radius 3 is 3.00 bits per heavy atom. The van der Waals surface area contributed by atoms with Crippen molar-refractivity contribution in [2.45, 2.75) is 38.3 Å². The van der Waals surface area contributed by atoms with Gasteiger partial charge >= 0.3 is 0 Å². The monoisotopic (exact) mass is 276 g/mol. The summed E-state index contributed by atoms with van der Waals surface area (Å²) in [6, 6.07) is 6.21. The van der Waals surface area contributed by atoms with Crippen LogP contribution in [-0.4, -0.2) is 18.5 Å². The maximum absolute atomic E-state index is 13.7. The van der Waals surface area contributed by atoms with Gasteiger partial charge < -0.3 is 10.6 Å². The zero-order valence-electron chi connectivity index (χ0n) is 11.7. The molecule has 1 aliphatic heterocycles. The molecule has 1 heterocycles. The molecule has 1 aliphatic carbocycles. The van der Waals surface area contributed by atoms with Gasteiger partial charge in [-0.2, -0.15) is 0 Å². The molecule has 1 saturated carbocycles. The number of fused-ring (bicyclic) bond motifs is 1. The van der Waals surface area contributed by atoms with E-state index in [2.05, 4.69) is 10.6 Å². The molecule has 0 radical (unpaired) electrons. The lowest BCUT2D eigenvalue weighted by atomic mass is 9.93. The van der Waals surface area contributed by atoms with E-state index < -0.39 is 0 Å². The number of carbonyl (C=O) groups excluding carboxylic acids is 1. The van der Waals surface area contributed by atoms with Gasteiger partial charge in [-0.25, -0.2) is 4.39 Å². The minimum atomic E-state index is -0.300. The van der Waals surface area contributed by atoms with Crippen LogP contribution in [0.4, 0.5) is 4.39 Å². The summed E-state index contributed by atoms with van der Waals surface area (Å²) in [7, 11) is 0. The summed E-state index contributed by atoms with van der Waals surface area (Å²) in [6.45, 7) is 2.77. The van der Waals surface area contributed by atoms with Crippen LogP contribution in [0.3, 0.4) is 0 Å². The lowest BCUT2D eigenvalue weighted by molar-refractivity contribution is -0.124. The number of nitrogens with one attached hydrogen (secondary N) is 2. The highest BCUT2D eigenvalue weighted by atomic mass is 19.1. The molecule has 1 amide bonds. The van der Waals surface area contributed by atoms with E-state index in [1.165, 1.54) is 18.9 Å². The summed E-state index contributed by atoms with van der Waals surface area (Å²) in [5, 5.41) is 6.27. The van der Waals surface area contributed by atoms with E-state index in [-0.39, 0.29) is 23.8 Å². The molecule has 3 nitrogen and oxygen atoms in total. The second-order valence-corrected chi connectivity index (χ2v) is 5.99. The normalized spacial score (nSPS) is 30.0. The van der Waals surface area contributed by atoms with Crippen molar-refractivity contribution < 1.29 is 9.18 Å². The Balaban J connectivity index is 1.66. The lowest BCUT2D eigenvalue weighted by Crippen LogP contribution is -2.44. The smallest absolute Gasteiger partial charge is 0.237 e. The standard InChI is InChI=1S/C16H21FN2O/c1-10(12-6-2-3-8-14(12)17)19-16(20)15-13-7-4-5-11(13)9-18-15/h2-3,6,8,10-11,13,15,18H,4-5,7,9H2,1H3,(H,19,20)/t10-,11?,13?,15?/m1/s1. The Morgan fingerprint density at radius 2 is 2.20 bits per heavy atom. The second kappa shape index (κ2) is 5.52. The van der Waals surface area contributed by atoms with Crippen LogP contribution in [0.2, 0.25) is 0 Å². The van der Waals surface area contributed by atoms with Gasteiger partial charge in [-0.05, 0) is 44.2 Å². The third-order valence-electron chi connectivity index (χ3n) is 4.76. The van der Waals surface area contributed by atoms with Crippen LogP contribution in [0.1, 0.15) is 37.8 Å². The molecule has 1 aromatic rings. The molecule has 2 fully saturated rings. The summed E-state index contributed by atoms with van der Waals surface area (Å²) >= 11 is 0. The molecule has 0 aromatic heterocycles. The molecule has 1 saturated heterocycles. The van der Waals surface area contributed by atoms with Crippen LogP contribution >= 0.6 is 0 Å². The van der Waals surface area contributed by atoms with Crippen LogP contribution in [0, 0.1) is 17.7 Å². The largest absolute Gasteiger partial charge is 0.348 e. The van der Waals surface area contributed by atoms with E-state index in [1.807, 2.05) is 6.92 Å². The van der Waals surface area contributed by atoms with E-state index >= 15 is 0 Å². The fraction of sp³-hybridized carbons (Fsp3) is 0.562. The van der Waals surface area contributed by atoms with Crippen molar-refractivity contribution in [2.24, 2.45) is 11.8 Å². The zero-order valence-corrected chi connectivity index (χ0v) is 11.7. The summed E-state index contributed by atoms with van der Waals surface area (Å²) in [6.07, 6.45) is 3.58. The van der Waals surface area contributed by atoms with E-state index in [1.54, 1.807) is 18.2 Å². The number of hydrogen-bond donors (Lipinski definition) is 2. The Kier molecular flexibility index (Phi) is 3.74. The van der Waals surface area contributed by atoms with Crippen molar-refractivity contribution in [2.75, 3.05) is 6.54 Å². The predicted octanol–water partition coefficient (Wildman–Crippen LogP) is 2.39. The van der Waals surface area contributed by atoms with Gasteiger partial charge in [-0.3, -0.25) is 4.79 Å². The number of benzene rings is 1. The average Bonchev–Trinajstić information content (AvgIpc) is 3.00. The van der Waals surface area contributed by atoms with Crippen molar-refractivity contribution in [3.63, 3.8) is 0 Å². The Hall–Kier alpha value is -1.42. The van der Waals surface area contributed by atoms with Gasteiger partial charge in [0.15, 0.2) is 0 Å². The van der Waals surface area contributed by atoms with Crippen LogP contribution in [0.15, 0.2) is 24.3 Å². The summed E-state index contributed by atoms with van der Waals surface area (Å²) < 4.78 is 13.7. The molecule has 1 aromatic carbocycles. The first-order valence-electron chi connectivity index (χ1n) is 7.45. The van der Waals surface area contributed by atoms with Gasteiger partial charge in [0, 0.05) is 5.56 Å². The molecular weight excluding hydrogens is 255 g/mol. The molecular formula is C16H21FN2O. The molecule has 4 heteroatoms. The minimum Gasteiger partial charge on any atom is -0.348 e. The first kappa shape index (κ1) is 13.6. The molecule has 3 rings (SSSR count). The van der Waals surface area contributed by atoms with Gasteiger partial charge in [-0.1, -0.05) is 24.6 Å². The number of amides is 1. The lowest BCUT2D eigenvalue weighted by Gasteiger charge is -2.21. The zero-order chi connectivity index (χ0) is 14.1. The van der Waals surface area contributed by atoms with Gasteiger partial charge in [0.25, 0.3) is 0 Å². The summed E-state index contributed by atoms with van der Waals surface area (Å²) in [5.74, 6) is 0.853. The summed E-state index contributed by atoms with van der Waals surface area (Å²) in [4.78, 5) is 12.4. The van der Waals surface area contributed by atoms with Crippen molar-refractivity contribution in [1.82, 2.24) is 10.6 Å². The molecule has 20 heavy (non-hydrogen) atoms. The number of halogens is 1. The van der Waals surface area contributed by atoms with Gasteiger partial charge in [0.2, 0.25) is 5.91 Å². The first-order chi connectivity index (χ1) is 9.66. The molecule has 108 valence electrons. The van der Waals surface area contributed by atoms with Gasteiger partial charge in [0.1, 0.15) is 5.82 Å². The van der Waals surface area contributed by atoms with Crippen LogP contribution < -0.4 is 10.6 Å². The van der Waals surface area contributed by atoms with Crippen molar-refractivity contribution in [3.05, 3.63) is 35.6 Å². The fourth-order valence-electron chi connectivity index (χ4n) is 3.68. The maximum atomic E-state index is 13.7. The highest BCUT2D eigenvalue weighted by molar-refractivity contribution is 5.83. The third-order valence-corrected chi connectivity index (χ3v) is 4.76. The summed E-state index contributed by atoms with van der Waals surface area (Å²) in [5.41, 5.74) is 0.543. The molecule has 2 N–H and O–H groups in total. The van der Waals surface area contributed by atoms with E-state index in [0.29, 0.717) is 17.4 Å². The Labute approximate surface area is 118 Å². The van der Waals surface area contributed by atoms with Crippen molar-refractivity contribution in [3.8, 4) is 0 Å². The fourth-order valence-corrected chi connectivity index (χ4v) is 3.68. The number of carbonyl (C=O) groups is 1. The average molecular weight is 276 g/mol. The molecule has 0 spiro atoms. The van der Waals surface area contributed by atoms with E-state index in [0.717, 1.165) is 13.0 Å². The van der Waals surface area contributed by atoms with Crippen LogP contribution in [-0.2, 0) is 4.79 Å². The molecule has 3 unspecified atom stereocenters. The Morgan fingerprint density at radius 1 is 1.40 bits per heavy atom. The number of rotatable bonds is 3. The van der Waals surface area contributed by atoms with Crippen molar-refractivity contribution >= 4 is 5.91 Å². The van der Waals surface area contributed by atoms with E-state index in [9.17, 15) is 9.18 Å². The van der Waals surface area contributed by atoms with Crippen LogP contribution in [0.25, 0.3) is 0 Å². The van der Waals surface area contributed by atoms with E-state index in [4.69, 9.17) is 0 Å². The number of hydrogen-bond acceptors (Lipinski definition) is 2. The van der Waals surface area contributed by atoms with Gasteiger partial charge in [-0.15, -0.1) is 0 Å². The second-order valence-electron chi connectivity index (χ2n) is 5.99. The molecule has 4 atom stereocenters. The van der Waals surface area contributed by atoms with Crippen molar-refractivity contribution in [1.29, 1.82) is 0 Å². The first-order valence-corrected chi connectivity index (χ1v) is 7.45. The van der Waals surface area contributed by atoms with Gasteiger partial charge in [0.05, 0.1) is 12.1 Å². The van der Waals surface area contributed by atoms with Crippen LogP contribution in [0.5, 0.6) is 0 Å². The highest BCUT2D eigenvalue weighted by Gasteiger charge is 2.42. The maximum Gasteiger partial charge on any atom is 0.237 e. The molecule has 2 aliphatic rings. The topological polar surface area (TPSA) is 41.1 Å².